The van der Waals surface area contributed by atoms with Crippen LogP contribution in [0, 0.1) is 6.92 Å². The molecule has 0 unspecified atom stereocenters. The smallest absolute Gasteiger partial charge is 0.258 e. The molecule has 0 radical (unpaired) electrons. The molecule has 0 heterocycles. The predicted octanol–water partition coefficient (Wildman–Crippen LogP) is 2.56. The molecule has 0 spiro atoms. The lowest BCUT2D eigenvalue weighted by molar-refractivity contribution is 0.0993. The summed E-state index contributed by atoms with van der Waals surface area (Å²) in [7, 11) is 1.69. The van der Waals surface area contributed by atoms with Crippen molar-refractivity contribution in [2.24, 2.45) is 0 Å². The van der Waals surface area contributed by atoms with Gasteiger partial charge < -0.3 is 15.7 Å². The van der Waals surface area contributed by atoms with Gasteiger partial charge in [0.1, 0.15) is 5.75 Å². The van der Waals surface area contributed by atoms with Crippen molar-refractivity contribution in [1.29, 1.82) is 0 Å². The lowest BCUT2D eigenvalue weighted by Crippen LogP contribution is -2.26. The highest BCUT2D eigenvalue weighted by atomic mass is 16.3. The number of aromatic hydroxyl groups is 1. The van der Waals surface area contributed by atoms with E-state index in [9.17, 15) is 9.90 Å². The van der Waals surface area contributed by atoms with E-state index >= 15 is 0 Å². The van der Waals surface area contributed by atoms with E-state index in [2.05, 4.69) is 0 Å². The maximum Gasteiger partial charge on any atom is 0.258 e. The zero-order chi connectivity index (χ0) is 14.0. The van der Waals surface area contributed by atoms with Crippen LogP contribution in [0.3, 0.4) is 0 Å². The van der Waals surface area contributed by atoms with Crippen molar-refractivity contribution >= 4 is 17.3 Å². The first kappa shape index (κ1) is 13.0. The Balaban J connectivity index is 2.28. The van der Waals surface area contributed by atoms with Crippen LogP contribution in [0.2, 0.25) is 0 Å². The Labute approximate surface area is 112 Å². The third-order valence-corrected chi connectivity index (χ3v) is 3.06. The molecular weight excluding hydrogens is 240 g/mol. The van der Waals surface area contributed by atoms with E-state index in [0.717, 1.165) is 11.3 Å². The van der Waals surface area contributed by atoms with Crippen LogP contribution in [0.1, 0.15) is 15.9 Å². The zero-order valence-corrected chi connectivity index (χ0v) is 10.9. The van der Waals surface area contributed by atoms with Crippen molar-refractivity contribution < 1.29 is 9.90 Å². The van der Waals surface area contributed by atoms with Crippen LogP contribution >= 0.6 is 0 Å². The summed E-state index contributed by atoms with van der Waals surface area (Å²) in [4.78, 5) is 13.8. The van der Waals surface area contributed by atoms with Gasteiger partial charge in [0, 0.05) is 24.0 Å². The summed E-state index contributed by atoms with van der Waals surface area (Å²) < 4.78 is 0. The van der Waals surface area contributed by atoms with E-state index in [1.54, 1.807) is 49.5 Å². The second-order valence-corrected chi connectivity index (χ2v) is 4.45. The molecule has 0 saturated carbocycles. The fourth-order valence-electron chi connectivity index (χ4n) is 1.80. The van der Waals surface area contributed by atoms with Crippen LogP contribution in [0.25, 0.3) is 0 Å². The number of phenols is 1. The van der Waals surface area contributed by atoms with Crippen molar-refractivity contribution in [2.45, 2.75) is 6.92 Å². The maximum atomic E-state index is 12.3. The summed E-state index contributed by atoms with van der Waals surface area (Å²) >= 11 is 0. The third kappa shape index (κ3) is 2.68. The highest BCUT2D eigenvalue weighted by Gasteiger charge is 2.14. The van der Waals surface area contributed by atoms with Crippen LogP contribution in [-0.4, -0.2) is 18.1 Å². The van der Waals surface area contributed by atoms with E-state index in [-0.39, 0.29) is 11.7 Å². The maximum absolute atomic E-state index is 12.3. The number of anilines is 2. The molecule has 0 atom stereocenters. The summed E-state index contributed by atoms with van der Waals surface area (Å²) in [6, 6.07) is 11.7. The Bertz CT molecular complexity index is 606. The molecule has 0 aliphatic carbocycles. The van der Waals surface area contributed by atoms with E-state index < -0.39 is 0 Å². The summed E-state index contributed by atoms with van der Waals surface area (Å²) in [6.45, 7) is 1.87. The lowest BCUT2D eigenvalue weighted by Gasteiger charge is -2.18. The Morgan fingerprint density at radius 2 is 1.79 bits per heavy atom. The van der Waals surface area contributed by atoms with Crippen molar-refractivity contribution in [3.8, 4) is 5.75 Å². The number of nitrogens with two attached hydrogens (primary N) is 1. The van der Waals surface area contributed by atoms with Gasteiger partial charge in [0.15, 0.2) is 0 Å². The van der Waals surface area contributed by atoms with Crippen molar-refractivity contribution in [2.75, 3.05) is 17.7 Å². The average molecular weight is 256 g/mol. The van der Waals surface area contributed by atoms with Gasteiger partial charge in [-0.2, -0.15) is 0 Å². The number of nitrogens with zero attached hydrogens (tertiary/aromatic N) is 1. The minimum absolute atomic E-state index is 0.117. The normalized spacial score (nSPS) is 10.2. The number of nitrogen functional groups attached to an aromatic ring is 1. The molecule has 98 valence electrons. The largest absolute Gasteiger partial charge is 0.508 e. The monoisotopic (exact) mass is 256 g/mol. The molecule has 2 aromatic carbocycles. The molecule has 4 nitrogen and oxygen atoms in total. The lowest BCUT2D eigenvalue weighted by atomic mass is 10.1. The molecule has 2 aromatic rings. The molecule has 0 fully saturated rings. The van der Waals surface area contributed by atoms with E-state index in [1.807, 2.05) is 6.92 Å². The Hall–Kier alpha value is -2.49. The number of carbonyl (C=O) groups excluding carboxylic acids is 1. The van der Waals surface area contributed by atoms with Gasteiger partial charge in [0.05, 0.1) is 0 Å². The summed E-state index contributed by atoms with van der Waals surface area (Å²) in [5.74, 6) is 0.0571. The third-order valence-electron chi connectivity index (χ3n) is 3.06. The van der Waals surface area contributed by atoms with Crippen LogP contribution in [0.5, 0.6) is 5.75 Å². The first-order valence-electron chi connectivity index (χ1n) is 5.92. The van der Waals surface area contributed by atoms with E-state index in [4.69, 9.17) is 5.73 Å². The Morgan fingerprint density at radius 3 is 2.37 bits per heavy atom. The first-order chi connectivity index (χ1) is 8.99. The summed E-state index contributed by atoms with van der Waals surface area (Å²) in [5, 5.41) is 9.24. The number of hydrogen-bond donors (Lipinski definition) is 2. The van der Waals surface area contributed by atoms with Crippen molar-refractivity contribution in [1.82, 2.24) is 0 Å². The van der Waals surface area contributed by atoms with Crippen LogP contribution in [0.4, 0.5) is 11.4 Å². The van der Waals surface area contributed by atoms with Gasteiger partial charge in [0.2, 0.25) is 0 Å². The second kappa shape index (κ2) is 5.02. The number of amides is 1. The van der Waals surface area contributed by atoms with Gasteiger partial charge in [-0.15, -0.1) is 0 Å². The number of phenolic OH excluding ortho intramolecular Hbond substituents is 1. The highest BCUT2D eigenvalue weighted by molar-refractivity contribution is 6.06. The number of hydrogen-bond acceptors (Lipinski definition) is 3. The van der Waals surface area contributed by atoms with E-state index in [1.165, 1.54) is 4.90 Å². The van der Waals surface area contributed by atoms with E-state index in [0.29, 0.717) is 11.3 Å². The minimum atomic E-state index is -0.117. The molecule has 0 aliphatic heterocycles. The van der Waals surface area contributed by atoms with Gasteiger partial charge in [0.25, 0.3) is 5.91 Å². The molecule has 0 aromatic heterocycles. The molecule has 0 bridgehead atoms. The standard InChI is InChI=1S/C15H16N2O2/c1-10-9-11(3-8-14(10)16)15(19)17(2)12-4-6-13(18)7-5-12/h3-9,18H,16H2,1-2H3. The molecule has 2 rings (SSSR count). The second-order valence-electron chi connectivity index (χ2n) is 4.45. The van der Waals surface area contributed by atoms with Gasteiger partial charge in [-0.05, 0) is 55.0 Å². The molecule has 0 aliphatic rings. The quantitative estimate of drug-likeness (QED) is 0.811. The molecule has 1 amide bonds. The van der Waals surface area contributed by atoms with Crippen LogP contribution in [0.15, 0.2) is 42.5 Å². The van der Waals surface area contributed by atoms with Crippen molar-refractivity contribution in [3.63, 3.8) is 0 Å². The zero-order valence-electron chi connectivity index (χ0n) is 10.9. The summed E-state index contributed by atoms with van der Waals surface area (Å²) in [5.41, 5.74) is 8.59. The highest BCUT2D eigenvalue weighted by Crippen LogP contribution is 2.20. The predicted molar refractivity (Wildman–Crippen MR) is 76.4 cm³/mol. The SMILES string of the molecule is Cc1cc(C(=O)N(C)c2ccc(O)cc2)ccc1N. The van der Waals surface area contributed by atoms with Gasteiger partial charge in [-0.3, -0.25) is 4.79 Å². The number of carbonyl (C=O) groups is 1. The molecule has 0 saturated heterocycles. The number of benzene rings is 2. The average Bonchev–Trinajstić information content (AvgIpc) is 2.41. The fourth-order valence-corrected chi connectivity index (χ4v) is 1.80. The molecule has 19 heavy (non-hydrogen) atoms. The van der Waals surface area contributed by atoms with Crippen LogP contribution < -0.4 is 10.6 Å². The van der Waals surface area contributed by atoms with Gasteiger partial charge in [-0.1, -0.05) is 0 Å². The molecule has 3 N–H and O–H groups in total. The van der Waals surface area contributed by atoms with Gasteiger partial charge >= 0.3 is 0 Å². The van der Waals surface area contributed by atoms with Crippen molar-refractivity contribution in [3.05, 3.63) is 53.6 Å². The number of rotatable bonds is 2. The summed E-state index contributed by atoms with van der Waals surface area (Å²) in [6.07, 6.45) is 0. The minimum Gasteiger partial charge on any atom is -0.508 e. The Kier molecular flexibility index (Phi) is 3.42. The molecular formula is C15H16N2O2. The van der Waals surface area contributed by atoms with Crippen LogP contribution in [-0.2, 0) is 0 Å². The first-order valence-corrected chi connectivity index (χ1v) is 5.92. The van der Waals surface area contributed by atoms with Gasteiger partial charge in [-0.25, -0.2) is 0 Å². The topological polar surface area (TPSA) is 66.6 Å². The number of aryl methyl sites for hydroxylation is 1. The Morgan fingerprint density at radius 1 is 1.16 bits per heavy atom. The molecule has 4 heteroatoms. The fraction of sp³-hybridized carbons (Fsp3) is 0.133.